The van der Waals surface area contributed by atoms with Crippen molar-refractivity contribution >= 4 is 17.3 Å². The molecular formula is C13H8F3NO3. The molecule has 1 aliphatic rings. The number of ketones is 2. The van der Waals surface area contributed by atoms with Crippen molar-refractivity contribution in [3.05, 3.63) is 47.4 Å². The van der Waals surface area contributed by atoms with E-state index in [2.05, 4.69) is 5.32 Å². The number of Topliss-reactive ketones (excluding diaryl/α,β-unsaturated/α-hetero) is 2. The third kappa shape index (κ3) is 2.29. The zero-order valence-corrected chi connectivity index (χ0v) is 10.2. The lowest BCUT2D eigenvalue weighted by atomic mass is 10.1. The number of allylic oxidation sites excluding steroid dienone is 3. The van der Waals surface area contributed by atoms with Gasteiger partial charge in [0.25, 0.3) is 5.78 Å². The smallest absolute Gasteiger partial charge is 0.255 e. The van der Waals surface area contributed by atoms with Crippen LogP contribution in [0.25, 0.3) is 0 Å². The molecule has 0 bridgehead atoms. The Balaban J connectivity index is 2.32. The first-order valence-corrected chi connectivity index (χ1v) is 5.41. The van der Waals surface area contributed by atoms with Crippen LogP contribution in [0.2, 0.25) is 0 Å². The third-order valence-electron chi connectivity index (χ3n) is 2.60. The summed E-state index contributed by atoms with van der Waals surface area (Å²) in [5, 5.41) is 2.25. The van der Waals surface area contributed by atoms with Gasteiger partial charge >= 0.3 is 0 Å². The lowest BCUT2D eigenvalue weighted by molar-refractivity contribution is -0.119. The van der Waals surface area contributed by atoms with Gasteiger partial charge in [-0.3, -0.25) is 9.59 Å². The zero-order valence-electron chi connectivity index (χ0n) is 10.2. The van der Waals surface area contributed by atoms with E-state index in [1.165, 1.54) is 31.4 Å². The maximum absolute atomic E-state index is 13.5. The first-order valence-electron chi connectivity index (χ1n) is 5.41. The summed E-state index contributed by atoms with van der Waals surface area (Å²) in [6, 6.07) is 5.85. The molecule has 2 rings (SSSR count). The number of anilines is 1. The van der Waals surface area contributed by atoms with Crippen LogP contribution in [0, 0.1) is 0 Å². The summed E-state index contributed by atoms with van der Waals surface area (Å²) in [4.78, 5) is 22.5. The van der Waals surface area contributed by atoms with E-state index in [0.717, 1.165) is 0 Å². The zero-order chi connectivity index (χ0) is 14.9. The molecule has 0 aromatic heterocycles. The molecule has 0 fully saturated rings. The number of rotatable bonds is 3. The number of carbonyl (C=O) groups is 2. The molecule has 1 N–H and O–H groups in total. The Morgan fingerprint density at radius 2 is 1.45 bits per heavy atom. The second kappa shape index (κ2) is 5.20. The normalized spacial score (nSPS) is 15.8. The van der Waals surface area contributed by atoms with Gasteiger partial charge in [0.05, 0.1) is 7.11 Å². The van der Waals surface area contributed by atoms with E-state index < -0.39 is 34.7 Å². The topological polar surface area (TPSA) is 55.4 Å². The number of carbonyl (C=O) groups excluding carboxylic acids is 2. The average molecular weight is 283 g/mol. The molecule has 0 saturated carbocycles. The molecule has 1 aromatic rings. The fraction of sp³-hybridized carbons (Fsp3) is 0.0769. The molecule has 1 aromatic carbocycles. The van der Waals surface area contributed by atoms with Gasteiger partial charge in [0.15, 0.2) is 0 Å². The van der Waals surface area contributed by atoms with Crippen LogP contribution in [0.5, 0.6) is 5.75 Å². The molecule has 104 valence electrons. The number of hydrogen-bond acceptors (Lipinski definition) is 4. The maximum Gasteiger partial charge on any atom is 0.255 e. The van der Waals surface area contributed by atoms with Crippen LogP contribution >= 0.6 is 0 Å². The highest BCUT2D eigenvalue weighted by atomic mass is 19.2. The Bertz CT molecular complexity index is 647. The van der Waals surface area contributed by atoms with Crippen LogP contribution in [0.15, 0.2) is 47.4 Å². The minimum atomic E-state index is -2.02. The van der Waals surface area contributed by atoms with Gasteiger partial charge < -0.3 is 10.1 Å². The minimum absolute atomic E-state index is 0.215. The fourth-order valence-corrected chi connectivity index (χ4v) is 1.55. The van der Waals surface area contributed by atoms with Crippen molar-refractivity contribution in [3.8, 4) is 5.75 Å². The number of benzene rings is 1. The Morgan fingerprint density at radius 1 is 0.900 bits per heavy atom. The van der Waals surface area contributed by atoms with Crippen molar-refractivity contribution in [2.75, 3.05) is 12.4 Å². The molecule has 1 aliphatic carbocycles. The van der Waals surface area contributed by atoms with E-state index in [-0.39, 0.29) is 5.69 Å². The molecule has 0 unspecified atom stereocenters. The first-order chi connectivity index (χ1) is 9.45. The molecular weight excluding hydrogens is 275 g/mol. The number of hydrogen-bond donors (Lipinski definition) is 1. The third-order valence-corrected chi connectivity index (χ3v) is 2.60. The molecule has 7 heteroatoms. The van der Waals surface area contributed by atoms with Gasteiger partial charge in [0.1, 0.15) is 11.4 Å². The van der Waals surface area contributed by atoms with Gasteiger partial charge in [-0.1, -0.05) is 0 Å². The van der Waals surface area contributed by atoms with Crippen LogP contribution in [0.4, 0.5) is 18.9 Å². The predicted octanol–water partition coefficient (Wildman–Crippen LogP) is 2.59. The minimum Gasteiger partial charge on any atom is -0.497 e. The lowest BCUT2D eigenvalue weighted by Gasteiger charge is -2.14. The summed E-state index contributed by atoms with van der Waals surface area (Å²) in [6.45, 7) is 0. The fourth-order valence-electron chi connectivity index (χ4n) is 1.55. The Kier molecular flexibility index (Phi) is 3.60. The van der Waals surface area contributed by atoms with E-state index in [0.29, 0.717) is 5.75 Å². The highest BCUT2D eigenvalue weighted by Gasteiger charge is 2.36. The number of ether oxygens (including phenoxy) is 1. The van der Waals surface area contributed by atoms with E-state index in [4.69, 9.17) is 4.74 Å². The predicted molar refractivity (Wildman–Crippen MR) is 64.0 cm³/mol. The van der Waals surface area contributed by atoms with Gasteiger partial charge in [-0.2, -0.15) is 8.78 Å². The largest absolute Gasteiger partial charge is 0.497 e. The summed E-state index contributed by atoms with van der Waals surface area (Å²) in [5.74, 6) is -8.42. The first kappa shape index (κ1) is 13.9. The molecule has 0 aliphatic heterocycles. The van der Waals surface area contributed by atoms with Gasteiger partial charge in [0.2, 0.25) is 23.3 Å². The molecule has 0 atom stereocenters. The van der Waals surface area contributed by atoms with E-state index in [1.807, 2.05) is 0 Å². The SMILES string of the molecule is COc1ccc(NC2=C(F)C(=O)C(F)=C(F)C2=O)cc1. The van der Waals surface area contributed by atoms with E-state index in [9.17, 15) is 22.8 Å². The second-order valence-corrected chi connectivity index (χ2v) is 3.83. The van der Waals surface area contributed by atoms with Gasteiger partial charge in [0, 0.05) is 5.69 Å². The van der Waals surface area contributed by atoms with Crippen LogP contribution in [-0.4, -0.2) is 18.7 Å². The molecule has 4 nitrogen and oxygen atoms in total. The van der Waals surface area contributed by atoms with Crippen LogP contribution in [0.3, 0.4) is 0 Å². The van der Waals surface area contributed by atoms with Crippen molar-refractivity contribution in [1.29, 1.82) is 0 Å². The van der Waals surface area contributed by atoms with Gasteiger partial charge in [-0.25, -0.2) is 4.39 Å². The van der Waals surface area contributed by atoms with Crippen molar-refractivity contribution in [2.45, 2.75) is 0 Å². The summed E-state index contributed by atoms with van der Waals surface area (Å²) in [7, 11) is 1.44. The highest BCUT2D eigenvalue weighted by molar-refractivity contribution is 6.23. The van der Waals surface area contributed by atoms with Gasteiger partial charge in [-0.15, -0.1) is 0 Å². The lowest BCUT2D eigenvalue weighted by Crippen LogP contribution is -2.23. The molecule has 20 heavy (non-hydrogen) atoms. The molecule has 0 amide bonds. The number of nitrogens with one attached hydrogen (secondary N) is 1. The van der Waals surface area contributed by atoms with Crippen LogP contribution in [0.1, 0.15) is 0 Å². The summed E-state index contributed by atoms with van der Waals surface area (Å²) >= 11 is 0. The second-order valence-electron chi connectivity index (χ2n) is 3.83. The van der Waals surface area contributed by atoms with Crippen molar-refractivity contribution in [2.24, 2.45) is 0 Å². The van der Waals surface area contributed by atoms with Crippen molar-refractivity contribution < 1.29 is 27.5 Å². The van der Waals surface area contributed by atoms with Crippen molar-refractivity contribution in [1.82, 2.24) is 0 Å². The van der Waals surface area contributed by atoms with E-state index in [1.54, 1.807) is 0 Å². The number of methoxy groups -OCH3 is 1. The summed E-state index contributed by atoms with van der Waals surface area (Å²) < 4.78 is 44.5. The number of halogens is 3. The molecule has 0 radical (unpaired) electrons. The quantitative estimate of drug-likeness (QED) is 0.866. The maximum atomic E-state index is 13.5. The Morgan fingerprint density at radius 3 is 2.00 bits per heavy atom. The van der Waals surface area contributed by atoms with Crippen LogP contribution < -0.4 is 10.1 Å². The van der Waals surface area contributed by atoms with Gasteiger partial charge in [-0.05, 0) is 24.3 Å². The summed E-state index contributed by atoms with van der Waals surface area (Å²) in [5.41, 5.74) is -0.716. The average Bonchev–Trinajstić information content (AvgIpc) is 2.48. The Hall–Kier alpha value is -2.57. The van der Waals surface area contributed by atoms with E-state index >= 15 is 0 Å². The molecule has 0 spiro atoms. The standard InChI is InChI=1S/C13H8F3NO3/c1-20-7-4-2-6(3-5-7)17-11-10(16)12(18)8(14)9(15)13(11)19/h2-5,17H,1H3. The Labute approximate surface area is 111 Å². The molecule has 0 saturated heterocycles. The summed E-state index contributed by atoms with van der Waals surface area (Å²) in [6.07, 6.45) is 0. The monoisotopic (exact) mass is 283 g/mol. The van der Waals surface area contributed by atoms with Crippen LogP contribution in [-0.2, 0) is 9.59 Å². The highest BCUT2D eigenvalue weighted by Crippen LogP contribution is 2.28. The van der Waals surface area contributed by atoms with Crippen molar-refractivity contribution in [3.63, 3.8) is 0 Å². The molecule has 0 heterocycles.